The van der Waals surface area contributed by atoms with Gasteiger partial charge in [0.1, 0.15) is 0 Å². The SMILES string of the molecule is NCCC(O)CO. The van der Waals surface area contributed by atoms with Gasteiger partial charge in [-0.05, 0) is 13.0 Å². The van der Waals surface area contributed by atoms with Gasteiger partial charge in [0.05, 0.1) is 12.7 Å². The van der Waals surface area contributed by atoms with Crippen LogP contribution in [0.2, 0.25) is 0 Å². The second-order valence-electron chi connectivity index (χ2n) is 1.41. The lowest BCUT2D eigenvalue weighted by Gasteiger charge is -2.01. The molecule has 3 heteroatoms. The van der Waals surface area contributed by atoms with Crippen LogP contribution in [0, 0.1) is 0 Å². The maximum atomic E-state index is 8.53. The first kappa shape index (κ1) is 6.88. The standard InChI is InChI=1S/C4H11NO2/c5-2-1-4(7)3-6/h4,6-7H,1-3,5H2. The summed E-state index contributed by atoms with van der Waals surface area (Å²) in [4.78, 5) is 0. The van der Waals surface area contributed by atoms with Crippen molar-refractivity contribution in [3.63, 3.8) is 0 Å². The fraction of sp³-hybridized carbons (Fsp3) is 1.00. The van der Waals surface area contributed by atoms with Gasteiger partial charge in [0, 0.05) is 0 Å². The third kappa shape index (κ3) is 3.72. The van der Waals surface area contributed by atoms with E-state index < -0.39 is 6.10 Å². The third-order valence-corrected chi connectivity index (χ3v) is 0.711. The van der Waals surface area contributed by atoms with Crippen LogP contribution >= 0.6 is 0 Å². The highest BCUT2D eigenvalue weighted by molar-refractivity contribution is 4.50. The zero-order valence-corrected chi connectivity index (χ0v) is 4.17. The van der Waals surface area contributed by atoms with E-state index >= 15 is 0 Å². The molecule has 1 unspecified atom stereocenters. The van der Waals surface area contributed by atoms with Gasteiger partial charge < -0.3 is 15.9 Å². The third-order valence-electron chi connectivity index (χ3n) is 0.711. The number of aliphatic hydroxyl groups is 2. The van der Waals surface area contributed by atoms with Crippen LogP contribution in [0.4, 0.5) is 0 Å². The zero-order valence-electron chi connectivity index (χ0n) is 4.17. The predicted molar refractivity (Wildman–Crippen MR) is 26.8 cm³/mol. The Labute approximate surface area is 42.8 Å². The summed E-state index contributed by atoms with van der Waals surface area (Å²) < 4.78 is 0. The highest BCUT2D eigenvalue weighted by Gasteiger charge is 1.96. The molecule has 44 valence electrons. The molecule has 0 saturated carbocycles. The summed E-state index contributed by atoms with van der Waals surface area (Å²) in [5.41, 5.74) is 5.03. The fourth-order valence-corrected chi connectivity index (χ4v) is 0.284. The van der Waals surface area contributed by atoms with Gasteiger partial charge in [-0.3, -0.25) is 0 Å². The largest absolute Gasteiger partial charge is 0.394 e. The molecular weight excluding hydrogens is 94.0 g/mol. The van der Waals surface area contributed by atoms with Crippen molar-refractivity contribution >= 4 is 0 Å². The maximum Gasteiger partial charge on any atom is 0.0782 e. The lowest BCUT2D eigenvalue weighted by molar-refractivity contribution is 0.0902. The van der Waals surface area contributed by atoms with Crippen LogP contribution in [-0.4, -0.2) is 29.5 Å². The van der Waals surface area contributed by atoms with Gasteiger partial charge in [0.25, 0.3) is 0 Å². The van der Waals surface area contributed by atoms with Gasteiger partial charge in [-0.1, -0.05) is 0 Å². The van der Waals surface area contributed by atoms with Crippen LogP contribution in [0.1, 0.15) is 6.42 Å². The molecule has 1 atom stereocenters. The predicted octanol–water partition coefficient (Wildman–Crippen LogP) is -1.31. The van der Waals surface area contributed by atoms with Crippen LogP contribution in [0.3, 0.4) is 0 Å². The molecule has 0 radical (unpaired) electrons. The Balaban J connectivity index is 2.83. The summed E-state index contributed by atoms with van der Waals surface area (Å²) in [6, 6.07) is 0. The molecule has 0 saturated heterocycles. The van der Waals surface area contributed by atoms with Crippen LogP contribution in [0.15, 0.2) is 0 Å². The molecule has 0 rings (SSSR count). The van der Waals surface area contributed by atoms with Crippen molar-refractivity contribution in [3.8, 4) is 0 Å². The molecule has 4 N–H and O–H groups in total. The molecule has 0 heterocycles. The van der Waals surface area contributed by atoms with E-state index in [9.17, 15) is 0 Å². The van der Waals surface area contributed by atoms with E-state index in [-0.39, 0.29) is 6.61 Å². The van der Waals surface area contributed by atoms with Crippen molar-refractivity contribution in [3.05, 3.63) is 0 Å². The number of nitrogens with two attached hydrogens (primary N) is 1. The molecule has 0 aromatic carbocycles. The average molecular weight is 105 g/mol. The minimum atomic E-state index is -0.620. The molecular formula is C4H11NO2. The van der Waals surface area contributed by atoms with Gasteiger partial charge >= 0.3 is 0 Å². The van der Waals surface area contributed by atoms with Gasteiger partial charge in [0.2, 0.25) is 0 Å². The molecule has 0 bridgehead atoms. The van der Waals surface area contributed by atoms with E-state index in [4.69, 9.17) is 15.9 Å². The Bertz CT molecular complexity index is 40.7. The molecule has 3 nitrogen and oxygen atoms in total. The minimum absolute atomic E-state index is 0.183. The monoisotopic (exact) mass is 105 g/mol. The quantitative estimate of drug-likeness (QED) is 0.417. The molecule has 0 aromatic rings. The Hall–Kier alpha value is -0.120. The molecule has 0 fully saturated rings. The van der Waals surface area contributed by atoms with E-state index in [0.29, 0.717) is 13.0 Å². The summed E-state index contributed by atoms with van der Waals surface area (Å²) in [7, 11) is 0. The molecule has 0 amide bonds. The maximum absolute atomic E-state index is 8.53. The first-order valence-electron chi connectivity index (χ1n) is 2.30. The smallest absolute Gasteiger partial charge is 0.0782 e. The van der Waals surface area contributed by atoms with Gasteiger partial charge in [0.15, 0.2) is 0 Å². The number of hydrogen-bond acceptors (Lipinski definition) is 3. The van der Waals surface area contributed by atoms with Crippen LogP contribution in [0.5, 0.6) is 0 Å². The second-order valence-corrected chi connectivity index (χ2v) is 1.41. The number of aliphatic hydroxyl groups excluding tert-OH is 2. The summed E-state index contributed by atoms with van der Waals surface area (Å²) in [5, 5.41) is 16.7. The lowest BCUT2D eigenvalue weighted by atomic mass is 10.3. The fourth-order valence-electron chi connectivity index (χ4n) is 0.284. The van der Waals surface area contributed by atoms with E-state index in [1.807, 2.05) is 0 Å². The van der Waals surface area contributed by atoms with E-state index in [2.05, 4.69) is 0 Å². The molecule has 0 spiro atoms. The number of hydrogen-bond donors (Lipinski definition) is 3. The van der Waals surface area contributed by atoms with Crippen molar-refractivity contribution in [1.29, 1.82) is 0 Å². The Morgan fingerprint density at radius 3 is 2.29 bits per heavy atom. The van der Waals surface area contributed by atoms with Gasteiger partial charge in [-0.25, -0.2) is 0 Å². The molecule has 0 aliphatic rings. The van der Waals surface area contributed by atoms with E-state index in [1.54, 1.807) is 0 Å². The van der Waals surface area contributed by atoms with Gasteiger partial charge in [-0.2, -0.15) is 0 Å². The first-order chi connectivity index (χ1) is 3.31. The second kappa shape index (κ2) is 4.05. The Morgan fingerprint density at radius 1 is 1.57 bits per heavy atom. The Kier molecular flexibility index (Phi) is 3.98. The van der Waals surface area contributed by atoms with Crippen LogP contribution < -0.4 is 5.73 Å². The average Bonchev–Trinajstić information content (AvgIpc) is 1.68. The summed E-state index contributed by atoms with van der Waals surface area (Å²) in [6.45, 7) is 0.249. The molecule has 0 aliphatic heterocycles. The van der Waals surface area contributed by atoms with E-state index in [1.165, 1.54) is 0 Å². The zero-order chi connectivity index (χ0) is 5.70. The summed E-state index contributed by atoms with van der Waals surface area (Å²) in [6.07, 6.45) is -0.138. The minimum Gasteiger partial charge on any atom is -0.394 e. The summed E-state index contributed by atoms with van der Waals surface area (Å²) in [5.74, 6) is 0. The topological polar surface area (TPSA) is 66.5 Å². The highest BCUT2D eigenvalue weighted by Crippen LogP contribution is 1.83. The van der Waals surface area contributed by atoms with Crippen LogP contribution in [-0.2, 0) is 0 Å². The molecule has 7 heavy (non-hydrogen) atoms. The van der Waals surface area contributed by atoms with Crippen molar-refractivity contribution in [2.24, 2.45) is 5.73 Å². The molecule has 0 aliphatic carbocycles. The van der Waals surface area contributed by atoms with Crippen molar-refractivity contribution in [2.75, 3.05) is 13.2 Å². The van der Waals surface area contributed by atoms with Crippen molar-refractivity contribution in [2.45, 2.75) is 12.5 Å². The van der Waals surface area contributed by atoms with Crippen molar-refractivity contribution in [1.82, 2.24) is 0 Å². The lowest BCUT2D eigenvalue weighted by Crippen LogP contribution is -2.16. The normalized spacial score (nSPS) is 14.1. The number of rotatable bonds is 3. The highest BCUT2D eigenvalue weighted by atomic mass is 16.3. The first-order valence-corrected chi connectivity index (χ1v) is 2.30. The van der Waals surface area contributed by atoms with Crippen LogP contribution in [0.25, 0.3) is 0 Å². The van der Waals surface area contributed by atoms with E-state index in [0.717, 1.165) is 0 Å². The molecule has 0 aromatic heterocycles. The Morgan fingerprint density at radius 2 is 2.14 bits per heavy atom. The summed E-state index contributed by atoms with van der Waals surface area (Å²) >= 11 is 0. The van der Waals surface area contributed by atoms with Gasteiger partial charge in [-0.15, -0.1) is 0 Å². The van der Waals surface area contributed by atoms with Crippen molar-refractivity contribution < 1.29 is 10.2 Å².